The highest BCUT2D eigenvalue weighted by Crippen LogP contribution is 2.19. The average molecular weight is 318 g/mol. The third kappa shape index (κ3) is 6.61. The second kappa shape index (κ2) is 8.34. The SMILES string of the molecule is CC(C)(C)OC(=O)NC[C@@H](Cc1ccccc1)[C@H]1CCCCN1. The lowest BCUT2D eigenvalue weighted by Crippen LogP contribution is -2.46. The zero-order valence-electron chi connectivity index (χ0n) is 14.6. The molecule has 4 nitrogen and oxygen atoms in total. The summed E-state index contributed by atoms with van der Waals surface area (Å²) in [6, 6.07) is 11.0. The number of amides is 1. The fourth-order valence-corrected chi connectivity index (χ4v) is 3.08. The molecule has 1 saturated heterocycles. The summed E-state index contributed by atoms with van der Waals surface area (Å²) in [6.07, 6.45) is 4.32. The molecule has 0 radical (unpaired) electrons. The van der Waals surface area contributed by atoms with Crippen molar-refractivity contribution in [3.8, 4) is 0 Å². The Morgan fingerprint density at radius 2 is 2.04 bits per heavy atom. The molecule has 0 aliphatic carbocycles. The Labute approximate surface area is 140 Å². The average Bonchev–Trinajstić information content (AvgIpc) is 2.51. The fraction of sp³-hybridized carbons (Fsp3) is 0.632. The lowest BCUT2D eigenvalue weighted by Gasteiger charge is -2.32. The van der Waals surface area contributed by atoms with Crippen LogP contribution in [0.25, 0.3) is 0 Å². The van der Waals surface area contributed by atoms with E-state index in [0.29, 0.717) is 18.5 Å². The van der Waals surface area contributed by atoms with Crippen molar-refractivity contribution in [1.82, 2.24) is 10.6 Å². The highest BCUT2D eigenvalue weighted by atomic mass is 16.6. The van der Waals surface area contributed by atoms with Crippen molar-refractivity contribution < 1.29 is 9.53 Å². The maximum Gasteiger partial charge on any atom is 0.407 e. The van der Waals surface area contributed by atoms with E-state index in [9.17, 15) is 4.79 Å². The van der Waals surface area contributed by atoms with Crippen LogP contribution in [0, 0.1) is 5.92 Å². The summed E-state index contributed by atoms with van der Waals surface area (Å²) in [7, 11) is 0. The summed E-state index contributed by atoms with van der Waals surface area (Å²) in [6.45, 7) is 7.37. The second-order valence-electron chi connectivity index (χ2n) is 7.39. The Kier molecular flexibility index (Phi) is 6.46. The molecule has 4 heteroatoms. The van der Waals surface area contributed by atoms with E-state index in [1.54, 1.807) is 0 Å². The van der Waals surface area contributed by atoms with E-state index in [1.807, 2.05) is 26.8 Å². The Bertz CT molecular complexity index is 476. The third-order valence-corrected chi connectivity index (χ3v) is 4.17. The number of hydrogen-bond donors (Lipinski definition) is 2. The molecule has 128 valence electrons. The number of rotatable bonds is 5. The molecule has 2 rings (SSSR count). The molecule has 1 aliphatic heterocycles. The molecule has 23 heavy (non-hydrogen) atoms. The first-order valence-corrected chi connectivity index (χ1v) is 8.68. The molecule has 0 unspecified atom stereocenters. The second-order valence-corrected chi connectivity index (χ2v) is 7.39. The largest absolute Gasteiger partial charge is 0.444 e. The van der Waals surface area contributed by atoms with Crippen molar-refractivity contribution in [2.24, 2.45) is 5.92 Å². The topological polar surface area (TPSA) is 50.4 Å². The minimum absolute atomic E-state index is 0.327. The molecule has 1 heterocycles. The summed E-state index contributed by atoms with van der Waals surface area (Å²) in [5.41, 5.74) is 0.859. The van der Waals surface area contributed by atoms with Crippen molar-refractivity contribution in [2.45, 2.75) is 58.1 Å². The van der Waals surface area contributed by atoms with Crippen LogP contribution in [-0.2, 0) is 11.2 Å². The number of benzene rings is 1. The van der Waals surface area contributed by atoms with Gasteiger partial charge in [-0.2, -0.15) is 0 Å². The molecule has 0 saturated carbocycles. The molecule has 2 N–H and O–H groups in total. The van der Waals surface area contributed by atoms with E-state index in [4.69, 9.17) is 4.74 Å². The van der Waals surface area contributed by atoms with Crippen LogP contribution in [0.5, 0.6) is 0 Å². The highest BCUT2D eigenvalue weighted by Gasteiger charge is 2.25. The van der Waals surface area contributed by atoms with E-state index in [2.05, 4.69) is 34.9 Å². The fourth-order valence-electron chi connectivity index (χ4n) is 3.08. The molecule has 0 aromatic heterocycles. The maximum atomic E-state index is 11.9. The smallest absolute Gasteiger partial charge is 0.407 e. The molecular weight excluding hydrogens is 288 g/mol. The summed E-state index contributed by atoms with van der Waals surface area (Å²) >= 11 is 0. The number of hydrogen-bond acceptors (Lipinski definition) is 3. The molecule has 2 atom stereocenters. The van der Waals surface area contributed by atoms with Gasteiger partial charge in [0.25, 0.3) is 0 Å². The quantitative estimate of drug-likeness (QED) is 0.873. The summed E-state index contributed by atoms with van der Waals surface area (Å²) in [5.74, 6) is 0.380. The number of nitrogens with one attached hydrogen (secondary N) is 2. The molecular formula is C19H30N2O2. The van der Waals surface area contributed by atoms with Crippen LogP contribution in [0.3, 0.4) is 0 Å². The summed E-state index contributed by atoms with van der Waals surface area (Å²) in [4.78, 5) is 11.9. The lowest BCUT2D eigenvalue weighted by molar-refractivity contribution is 0.0514. The summed E-state index contributed by atoms with van der Waals surface area (Å²) < 4.78 is 5.36. The van der Waals surface area contributed by atoms with Gasteiger partial charge >= 0.3 is 6.09 Å². The number of ether oxygens (including phenoxy) is 1. The predicted molar refractivity (Wildman–Crippen MR) is 93.5 cm³/mol. The van der Waals surface area contributed by atoms with Crippen LogP contribution >= 0.6 is 0 Å². The first-order valence-electron chi connectivity index (χ1n) is 8.68. The van der Waals surface area contributed by atoms with Gasteiger partial charge in [0.2, 0.25) is 0 Å². The Morgan fingerprint density at radius 1 is 1.30 bits per heavy atom. The Morgan fingerprint density at radius 3 is 2.65 bits per heavy atom. The number of carbonyl (C=O) groups is 1. The van der Waals surface area contributed by atoms with Crippen LogP contribution in [-0.4, -0.2) is 30.8 Å². The van der Waals surface area contributed by atoms with E-state index >= 15 is 0 Å². The van der Waals surface area contributed by atoms with Gasteiger partial charge in [0.1, 0.15) is 5.60 Å². The normalized spacial score (nSPS) is 19.9. The first-order chi connectivity index (χ1) is 10.9. The van der Waals surface area contributed by atoms with Gasteiger partial charge in [-0.05, 0) is 58.1 Å². The van der Waals surface area contributed by atoms with Crippen molar-refractivity contribution in [2.75, 3.05) is 13.1 Å². The van der Waals surface area contributed by atoms with Crippen molar-refractivity contribution in [1.29, 1.82) is 0 Å². The van der Waals surface area contributed by atoms with Crippen LogP contribution in [0.4, 0.5) is 4.79 Å². The van der Waals surface area contributed by atoms with Gasteiger partial charge in [-0.15, -0.1) is 0 Å². The molecule has 1 fully saturated rings. The van der Waals surface area contributed by atoms with E-state index in [-0.39, 0.29) is 6.09 Å². The Balaban J connectivity index is 1.94. The Hall–Kier alpha value is -1.55. The zero-order valence-corrected chi connectivity index (χ0v) is 14.6. The number of alkyl carbamates (subject to hydrolysis) is 1. The van der Waals surface area contributed by atoms with E-state index < -0.39 is 5.60 Å². The van der Waals surface area contributed by atoms with Gasteiger partial charge < -0.3 is 15.4 Å². The minimum atomic E-state index is -0.456. The first kappa shape index (κ1) is 17.8. The molecule has 0 bridgehead atoms. The van der Waals surface area contributed by atoms with Gasteiger partial charge in [-0.25, -0.2) is 4.79 Å². The van der Waals surface area contributed by atoms with Crippen molar-refractivity contribution in [3.63, 3.8) is 0 Å². The van der Waals surface area contributed by atoms with Gasteiger partial charge in [-0.1, -0.05) is 36.8 Å². The third-order valence-electron chi connectivity index (χ3n) is 4.17. The van der Waals surface area contributed by atoms with E-state index in [0.717, 1.165) is 13.0 Å². The standard InChI is InChI=1S/C19H30N2O2/c1-19(2,3)23-18(22)21-14-16(17-11-7-8-12-20-17)13-15-9-5-4-6-10-15/h4-6,9-10,16-17,20H,7-8,11-14H2,1-3H3,(H,21,22)/t16-,17-/m1/s1. The van der Waals surface area contributed by atoms with Gasteiger partial charge in [0.15, 0.2) is 0 Å². The van der Waals surface area contributed by atoms with Gasteiger partial charge in [-0.3, -0.25) is 0 Å². The van der Waals surface area contributed by atoms with Crippen molar-refractivity contribution >= 4 is 6.09 Å². The lowest BCUT2D eigenvalue weighted by atomic mass is 9.87. The van der Waals surface area contributed by atoms with E-state index in [1.165, 1.54) is 24.8 Å². The predicted octanol–water partition coefficient (Wildman–Crippen LogP) is 3.51. The minimum Gasteiger partial charge on any atom is -0.444 e. The van der Waals surface area contributed by atoms with Crippen LogP contribution in [0.15, 0.2) is 30.3 Å². The molecule has 1 aliphatic rings. The van der Waals surface area contributed by atoms with Crippen LogP contribution < -0.4 is 10.6 Å². The monoisotopic (exact) mass is 318 g/mol. The molecule has 1 aromatic rings. The maximum absolute atomic E-state index is 11.9. The zero-order chi connectivity index (χ0) is 16.7. The molecule has 1 amide bonds. The summed E-state index contributed by atoms with van der Waals surface area (Å²) in [5, 5.41) is 6.57. The molecule has 1 aromatic carbocycles. The van der Waals surface area contributed by atoms with Crippen molar-refractivity contribution in [3.05, 3.63) is 35.9 Å². The van der Waals surface area contributed by atoms with Gasteiger partial charge in [0.05, 0.1) is 0 Å². The van der Waals surface area contributed by atoms with Crippen LogP contribution in [0.1, 0.15) is 45.6 Å². The highest BCUT2D eigenvalue weighted by molar-refractivity contribution is 5.67. The number of piperidine rings is 1. The van der Waals surface area contributed by atoms with Crippen LogP contribution in [0.2, 0.25) is 0 Å². The molecule has 0 spiro atoms. The number of carbonyl (C=O) groups excluding carboxylic acids is 1. The van der Waals surface area contributed by atoms with Gasteiger partial charge in [0, 0.05) is 12.6 Å².